The number of halogens is 1. The van der Waals surface area contributed by atoms with Gasteiger partial charge in [0.2, 0.25) is 11.8 Å². The first-order chi connectivity index (χ1) is 22.9. The topological polar surface area (TPSA) is 91.8 Å². The van der Waals surface area contributed by atoms with E-state index < -0.39 is 5.92 Å². The van der Waals surface area contributed by atoms with Crippen molar-refractivity contribution in [3.8, 4) is 5.75 Å². The lowest BCUT2D eigenvalue weighted by Gasteiger charge is -2.31. The fourth-order valence-electron chi connectivity index (χ4n) is 7.39. The number of fused-ring (bicyclic) bond motifs is 3. The summed E-state index contributed by atoms with van der Waals surface area (Å²) < 4.78 is 7.34. The minimum Gasteiger partial charge on any atom is -0.507 e. The van der Waals surface area contributed by atoms with Crippen molar-refractivity contribution in [3.05, 3.63) is 124 Å². The van der Waals surface area contributed by atoms with Crippen molar-refractivity contribution in [1.29, 1.82) is 0 Å². The van der Waals surface area contributed by atoms with Gasteiger partial charge in [-0.3, -0.25) is 19.5 Å². The number of carbonyl (C=O) groups is 2. The number of rotatable bonds is 9. The molecule has 4 atom stereocenters. The number of carbonyl (C=O) groups excluding carboxylic acids is 2. The molecule has 2 saturated heterocycles. The molecule has 3 aromatic carbocycles. The molecule has 1 aliphatic carbocycles. The second kappa shape index (κ2) is 13.3. The summed E-state index contributed by atoms with van der Waals surface area (Å²) in [7, 11) is 0. The Morgan fingerprint density at radius 3 is 2.49 bits per heavy atom. The van der Waals surface area contributed by atoms with Crippen molar-refractivity contribution in [2.45, 2.75) is 38.7 Å². The van der Waals surface area contributed by atoms with E-state index in [4.69, 9.17) is 4.74 Å². The maximum absolute atomic E-state index is 14.1. The molecule has 47 heavy (non-hydrogen) atoms. The molecule has 0 radical (unpaired) electrons. The maximum Gasteiger partial charge on any atom is 0.238 e. The highest BCUT2D eigenvalue weighted by Gasteiger charge is 2.57. The molecule has 7 rings (SSSR count). The van der Waals surface area contributed by atoms with Crippen LogP contribution in [0.3, 0.4) is 0 Å². The van der Waals surface area contributed by atoms with Crippen LogP contribution in [0.4, 0.5) is 17.1 Å². The highest BCUT2D eigenvalue weighted by molar-refractivity contribution is 9.10. The van der Waals surface area contributed by atoms with E-state index in [2.05, 4.69) is 33.2 Å². The smallest absolute Gasteiger partial charge is 0.238 e. The van der Waals surface area contributed by atoms with Crippen molar-refractivity contribution in [2.75, 3.05) is 16.8 Å². The van der Waals surface area contributed by atoms with Crippen LogP contribution < -0.4 is 10.2 Å². The summed E-state index contributed by atoms with van der Waals surface area (Å²) in [6, 6.07) is 28.6. The number of nitrogens with zero attached hydrogens (tertiary/aromatic N) is 2. The Balaban J connectivity index is 1.11. The third kappa shape index (κ3) is 6.15. The first kappa shape index (κ1) is 31.1. The van der Waals surface area contributed by atoms with Gasteiger partial charge in [-0.2, -0.15) is 0 Å². The Kier molecular flexibility index (Phi) is 8.80. The molecule has 2 N–H and O–H groups in total. The van der Waals surface area contributed by atoms with Gasteiger partial charge < -0.3 is 15.2 Å². The van der Waals surface area contributed by atoms with Gasteiger partial charge in [-0.25, -0.2) is 0 Å². The molecule has 2 fully saturated rings. The predicted molar refractivity (Wildman–Crippen MR) is 188 cm³/mol. The van der Waals surface area contributed by atoms with E-state index in [1.807, 2.05) is 91.0 Å². The van der Waals surface area contributed by atoms with Crippen LogP contribution in [-0.2, 0) is 14.3 Å². The molecule has 3 heterocycles. The van der Waals surface area contributed by atoms with Gasteiger partial charge >= 0.3 is 0 Å². The SMILES string of the molecule is CCC1=C2[C@@H](CC/C(=C/c3cc(Br)ccc3O)c3ccccn3)OC[C@@H]2[C@@H]2C(=O)N(c3ccc(Nc4ccccc4)cc3)C(=O)[C@@H]2C1. The Labute approximate surface area is 283 Å². The number of ether oxygens (including phenoxy) is 1. The number of aromatic nitrogens is 1. The number of benzene rings is 3. The van der Waals surface area contributed by atoms with Crippen molar-refractivity contribution in [2.24, 2.45) is 17.8 Å². The molecule has 7 nitrogen and oxygen atoms in total. The highest BCUT2D eigenvalue weighted by Crippen LogP contribution is 2.51. The van der Waals surface area contributed by atoms with E-state index in [1.54, 1.807) is 12.3 Å². The molecule has 0 saturated carbocycles. The van der Waals surface area contributed by atoms with Gasteiger partial charge in [0, 0.05) is 33.5 Å². The van der Waals surface area contributed by atoms with Gasteiger partial charge in [0.1, 0.15) is 5.75 Å². The molecule has 1 aromatic heterocycles. The molecule has 8 heteroatoms. The zero-order valence-electron chi connectivity index (χ0n) is 26.1. The van der Waals surface area contributed by atoms with Gasteiger partial charge in [-0.05, 0) is 110 Å². The average Bonchev–Trinajstić information content (AvgIpc) is 3.63. The number of allylic oxidation sites excluding steroid dienone is 2. The number of hydrogen-bond donors (Lipinski definition) is 2. The van der Waals surface area contributed by atoms with E-state index in [9.17, 15) is 14.7 Å². The molecule has 3 aliphatic rings. The zero-order chi connectivity index (χ0) is 32.5. The maximum atomic E-state index is 14.1. The normalized spacial score (nSPS) is 22.4. The fraction of sp³-hybridized carbons (Fsp3) is 0.256. The molecule has 0 spiro atoms. The Bertz CT molecular complexity index is 1860. The fourth-order valence-corrected chi connectivity index (χ4v) is 7.77. The van der Waals surface area contributed by atoms with Crippen LogP contribution in [0.1, 0.15) is 43.9 Å². The molecule has 2 amide bonds. The molecular weight excluding hydrogens is 654 g/mol. The van der Waals surface area contributed by atoms with E-state index in [1.165, 1.54) is 16.0 Å². The van der Waals surface area contributed by atoms with E-state index in [-0.39, 0.29) is 35.5 Å². The lowest BCUT2D eigenvalue weighted by molar-refractivity contribution is -0.122. The quantitative estimate of drug-likeness (QED) is 0.135. The minimum absolute atomic E-state index is 0.119. The number of phenolic OH excluding ortho intramolecular Hbond substituents is 1. The number of amides is 2. The van der Waals surface area contributed by atoms with Gasteiger partial charge in [0.15, 0.2) is 0 Å². The Morgan fingerprint density at radius 1 is 0.979 bits per heavy atom. The van der Waals surface area contributed by atoms with Crippen molar-refractivity contribution in [3.63, 3.8) is 0 Å². The lowest BCUT2D eigenvalue weighted by atomic mass is 9.69. The molecule has 2 aliphatic heterocycles. The van der Waals surface area contributed by atoms with Crippen LogP contribution in [0.5, 0.6) is 5.75 Å². The second-order valence-corrected chi connectivity index (χ2v) is 13.3. The minimum atomic E-state index is -0.427. The predicted octanol–water partition coefficient (Wildman–Crippen LogP) is 8.55. The molecule has 0 bridgehead atoms. The molecule has 0 unspecified atom stereocenters. The van der Waals surface area contributed by atoms with Crippen molar-refractivity contribution in [1.82, 2.24) is 4.98 Å². The van der Waals surface area contributed by atoms with Crippen molar-refractivity contribution >= 4 is 56.5 Å². The first-order valence-electron chi connectivity index (χ1n) is 16.1. The van der Waals surface area contributed by atoms with Crippen LogP contribution in [0.2, 0.25) is 0 Å². The number of aromatic hydroxyl groups is 1. The van der Waals surface area contributed by atoms with Crippen LogP contribution in [0.15, 0.2) is 113 Å². The third-order valence-electron chi connectivity index (χ3n) is 9.61. The van der Waals surface area contributed by atoms with E-state index >= 15 is 0 Å². The zero-order valence-corrected chi connectivity index (χ0v) is 27.7. The second-order valence-electron chi connectivity index (χ2n) is 12.4. The lowest BCUT2D eigenvalue weighted by Crippen LogP contribution is -2.34. The third-order valence-corrected chi connectivity index (χ3v) is 10.1. The van der Waals surface area contributed by atoms with Gasteiger partial charge in [0.25, 0.3) is 0 Å². The largest absolute Gasteiger partial charge is 0.507 e. The number of nitrogens with one attached hydrogen (secondary N) is 1. The van der Waals surface area contributed by atoms with Crippen LogP contribution in [0, 0.1) is 17.8 Å². The number of pyridine rings is 1. The summed E-state index contributed by atoms with van der Waals surface area (Å²) in [6.45, 7) is 2.55. The van der Waals surface area contributed by atoms with E-state index in [0.29, 0.717) is 37.1 Å². The summed E-state index contributed by atoms with van der Waals surface area (Å²) in [6.07, 6.45) is 6.36. The standard InChI is InChI=1S/C39H36BrN3O4/c1-2-24-22-31-37(39(46)43(38(31)45)30-15-13-29(14-16-30)42-28-8-4-3-5-9-28)32-23-47-35(36(24)32)18-11-25(33-10-6-7-19-41-33)20-26-21-27(40)12-17-34(26)44/h3-10,12-17,19-21,31-32,35,37,42,44H,2,11,18,22-23H2,1H3/b25-20-/t31-,32+,35-,37-/m1/s1. The Hall–Kier alpha value is -4.53. The highest BCUT2D eigenvalue weighted by atomic mass is 79.9. The number of imide groups is 1. The van der Waals surface area contributed by atoms with Gasteiger partial charge in [-0.1, -0.05) is 52.7 Å². The number of hydrogen-bond acceptors (Lipinski definition) is 6. The summed E-state index contributed by atoms with van der Waals surface area (Å²) in [5.41, 5.74) is 7.42. The van der Waals surface area contributed by atoms with E-state index in [0.717, 1.165) is 33.5 Å². The van der Waals surface area contributed by atoms with Crippen LogP contribution in [0.25, 0.3) is 11.6 Å². The summed E-state index contributed by atoms with van der Waals surface area (Å²) in [5, 5.41) is 13.9. The number of para-hydroxylation sites is 1. The van der Waals surface area contributed by atoms with Crippen LogP contribution >= 0.6 is 15.9 Å². The first-order valence-corrected chi connectivity index (χ1v) is 16.9. The van der Waals surface area contributed by atoms with Crippen LogP contribution in [-0.4, -0.2) is 34.6 Å². The van der Waals surface area contributed by atoms with Gasteiger partial charge in [0.05, 0.1) is 35.9 Å². The van der Waals surface area contributed by atoms with Gasteiger partial charge in [-0.15, -0.1) is 0 Å². The summed E-state index contributed by atoms with van der Waals surface area (Å²) >= 11 is 3.51. The summed E-state index contributed by atoms with van der Waals surface area (Å²) in [5.74, 6) is -0.977. The summed E-state index contributed by atoms with van der Waals surface area (Å²) in [4.78, 5) is 33.9. The molecular formula is C39H36BrN3O4. The number of anilines is 3. The number of phenols is 1. The molecule has 4 aromatic rings. The average molecular weight is 691 g/mol. The van der Waals surface area contributed by atoms with Crippen molar-refractivity contribution < 1.29 is 19.4 Å². The Morgan fingerprint density at radius 2 is 1.74 bits per heavy atom. The monoisotopic (exact) mass is 689 g/mol. The molecule has 238 valence electrons.